The highest BCUT2D eigenvalue weighted by molar-refractivity contribution is 7.89. The van der Waals surface area contributed by atoms with Gasteiger partial charge in [-0.05, 0) is 50.6 Å². The highest BCUT2D eigenvalue weighted by atomic mass is 32.2. The van der Waals surface area contributed by atoms with Gasteiger partial charge in [-0.3, -0.25) is 14.4 Å². The molecule has 0 saturated heterocycles. The quantitative estimate of drug-likeness (QED) is 0.369. The Morgan fingerprint density at radius 2 is 1.74 bits per heavy atom. The van der Waals surface area contributed by atoms with Crippen LogP contribution in [0.15, 0.2) is 60.0 Å². The summed E-state index contributed by atoms with van der Waals surface area (Å²) in [5.74, 6) is -2.23. The molecule has 9 nitrogen and oxygen atoms in total. The molecule has 10 heteroatoms. The fourth-order valence-corrected chi connectivity index (χ4v) is 4.51. The van der Waals surface area contributed by atoms with Gasteiger partial charge in [-0.25, -0.2) is 8.42 Å². The Morgan fingerprint density at radius 3 is 2.34 bits per heavy atom. The van der Waals surface area contributed by atoms with Crippen LogP contribution >= 0.6 is 0 Å². The number of nitrogens with one attached hydrogen (secondary N) is 1. The second-order valence-electron chi connectivity index (χ2n) is 8.79. The van der Waals surface area contributed by atoms with Crippen LogP contribution in [0.1, 0.15) is 34.1 Å². The molecule has 0 saturated carbocycles. The first-order valence-electron chi connectivity index (χ1n) is 11.1. The maximum absolute atomic E-state index is 13.3. The van der Waals surface area contributed by atoms with Gasteiger partial charge < -0.3 is 14.4 Å². The van der Waals surface area contributed by atoms with Crippen molar-refractivity contribution in [2.45, 2.75) is 50.7 Å². The van der Waals surface area contributed by atoms with E-state index in [1.807, 2.05) is 12.1 Å². The van der Waals surface area contributed by atoms with Gasteiger partial charge >= 0.3 is 11.9 Å². The molecule has 0 radical (unpaired) electrons. The van der Waals surface area contributed by atoms with E-state index in [9.17, 15) is 22.8 Å². The minimum Gasteiger partial charge on any atom is -0.465 e. The first-order valence-corrected chi connectivity index (χ1v) is 12.6. The van der Waals surface area contributed by atoms with Crippen LogP contribution in [0.4, 0.5) is 0 Å². The first kappa shape index (κ1) is 28.0. The number of benzene rings is 2. The number of esters is 2. The van der Waals surface area contributed by atoms with E-state index in [1.165, 1.54) is 18.2 Å². The third-order valence-electron chi connectivity index (χ3n) is 4.70. The molecule has 2 aromatic carbocycles. The molecule has 0 spiro atoms. The van der Waals surface area contributed by atoms with Crippen molar-refractivity contribution in [1.82, 2.24) is 9.62 Å². The summed E-state index contributed by atoms with van der Waals surface area (Å²) in [5.41, 5.74) is -0.840. The van der Waals surface area contributed by atoms with Crippen LogP contribution in [0.3, 0.4) is 0 Å². The first-order chi connectivity index (χ1) is 16.4. The largest absolute Gasteiger partial charge is 0.465 e. The Kier molecular flexibility index (Phi) is 9.55. The number of fused-ring (bicyclic) bond motifs is 1. The lowest BCUT2D eigenvalue weighted by molar-refractivity contribution is -0.157. The number of carbonyl (C=O) groups is 3. The summed E-state index contributed by atoms with van der Waals surface area (Å²) in [6, 6.07) is 10.3. The minimum atomic E-state index is -4.22. The fourth-order valence-electron chi connectivity index (χ4n) is 3.29. The number of rotatable bonds is 11. The van der Waals surface area contributed by atoms with E-state index in [0.29, 0.717) is 5.39 Å². The Hall–Kier alpha value is -3.24. The van der Waals surface area contributed by atoms with Gasteiger partial charge in [0.15, 0.2) is 0 Å². The van der Waals surface area contributed by atoms with Crippen LogP contribution in [0.2, 0.25) is 0 Å². The van der Waals surface area contributed by atoms with E-state index in [0.717, 1.165) is 10.3 Å². The number of ether oxygens (including phenoxy) is 2. The lowest BCUT2D eigenvalue weighted by Crippen LogP contribution is -2.51. The summed E-state index contributed by atoms with van der Waals surface area (Å²) in [7, 11) is -4.22. The normalized spacial score (nSPS) is 12.6. The number of carbonyl (C=O) groups excluding carboxylic acids is 3. The van der Waals surface area contributed by atoms with Gasteiger partial charge in [-0.1, -0.05) is 36.4 Å². The Labute approximate surface area is 206 Å². The van der Waals surface area contributed by atoms with Gasteiger partial charge in [0, 0.05) is 6.54 Å². The zero-order valence-electron chi connectivity index (χ0n) is 20.4. The molecular weight excluding hydrogens is 472 g/mol. The van der Waals surface area contributed by atoms with Gasteiger partial charge in [0.1, 0.15) is 18.2 Å². The fraction of sp³-hybridized carbons (Fsp3) is 0.400. The van der Waals surface area contributed by atoms with E-state index in [2.05, 4.69) is 11.3 Å². The molecular formula is C25H32N2O7S. The minimum absolute atomic E-state index is 0.0554. The average Bonchev–Trinajstić information content (AvgIpc) is 2.76. The molecule has 1 amide bonds. The molecule has 1 N–H and O–H groups in total. The van der Waals surface area contributed by atoms with Crippen LogP contribution in [0.5, 0.6) is 0 Å². The lowest BCUT2D eigenvalue weighted by Gasteiger charge is -2.27. The Bertz CT molecular complexity index is 1190. The average molecular weight is 505 g/mol. The van der Waals surface area contributed by atoms with Crippen LogP contribution < -0.4 is 4.72 Å². The lowest BCUT2D eigenvalue weighted by atomic mass is 10.1. The zero-order valence-corrected chi connectivity index (χ0v) is 21.3. The van der Waals surface area contributed by atoms with Gasteiger partial charge in [-0.15, -0.1) is 6.58 Å². The number of hydrogen-bond acceptors (Lipinski definition) is 7. The summed E-state index contributed by atoms with van der Waals surface area (Å²) < 4.78 is 39.0. The summed E-state index contributed by atoms with van der Waals surface area (Å²) >= 11 is 0. The van der Waals surface area contributed by atoms with E-state index >= 15 is 0 Å². The molecule has 0 heterocycles. The molecule has 0 aliphatic rings. The Balaban J connectivity index is 2.38. The van der Waals surface area contributed by atoms with Crippen molar-refractivity contribution in [2.75, 3.05) is 19.7 Å². The molecule has 0 aliphatic carbocycles. The van der Waals surface area contributed by atoms with Gasteiger partial charge in [0.05, 0.1) is 17.9 Å². The third kappa shape index (κ3) is 8.48. The van der Waals surface area contributed by atoms with Crippen molar-refractivity contribution in [2.24, 2.45) is 0 Å². The van der Waals surface area contributed by atoms with Crippen molar-refractivity contribution < 1.29 is 32.3 Å². The molecule has 0 aromatic heterocycles. The molecule has 0 unspecified atom stereocenters. The van der Waals surface area contributed by atoms with Crippen molar-refractivity contribution in [3.8, 4) is 0 Å². The molecule has 0 bridgehead atoms. The second-order valence-corrected chi connectivity index (χ2v) is 10.5. The molecule has 2 aromatic rings. The SMILES string of the molecule is C=CCN(CC(=O)OCC)C(=O)[C@H](CC(=O)OC(C)(C)C)NS(=O)(=O)c1ccc2ccccc2c1. The van der Waals surface area contributed by atoms with Crippen LogP contribution in [0.25, 0.3) is 10.8 Å². The molecule has 0 fully saturated rings. The van der Waals surface area contributed by atoms with E-state index < -0.39 is 52.5 Å². The van der Waals surface area contributed by atoms with Gasteiger partial charge in [0.25, 0.3) is 0 Å². The zero-order chi connectivity index (χ0) is 26.2. The molecule has 35 heavy (non-hydrogen) atoms. The monoisotopic (exact) mass is 504 g/mol. The molecule has 1 atom stereocenters. The van der Waals surface area contributed by atoms with Crippen molar-refractivity contribution in [3.05, 3.63) is 55.1 Å². The molecule has 190 valence electrons. The summed E-state index contributed by atoms with van der Waals surface area (Å²) in [6.07, 6.45) is 0.818. The predicted octanol–water partition coefficient (Wildman–Crippen LogP) is 2.80. The highest BCUT2D eigenvalue weighted by Crippen LogP contribution is 2.20. The van der Waals surface area contributed by atoms with Crippen molar-refractivity contribution in [1.29, 1.82) is 0 Å². The van der Waals surface area contributed by atoms with E-state index in [-0.39, 0.29) is 18.0 Å². The highest BCUT2D eigenvalue weighted by Gasteiger charge is 2.33. The van der Waals surface area contributed by atoms with Crippen LogP contribution in [-0.4, -0.2) is 62.5 Å². The number of nitrogens with zero attached hydrogens (tertiary/aromatic N) is 1. The Morgan fingerprint density at radius 1 is 1.09 bits per heavy atom. The smallest absolute Gasteiger partial charge is 0.325 e. The topological polar surface area (TPSA) is 119 Å². The number of amides is 1. The maximum Gasteiger partial charge on any atom is 0.325 e. The van der Waals surface area contributed by atoms with E-state index in [4.69, 9.17) is 9.47 Å². The standard InChI is InChI=1S/C25H32N2O7S/c1-6-14-27(17-23(29)33-7-2)24(30)21(16-22(28)34-25(3,4)5)26-35(31,32)20-13-12-18-10-8-9-11-19(18)15-20/h6,8-13,15,21,26H,1,7,14,16-17H2,2-5H3/t21-/m0/s1. The summed E-state index contributed by atoms with van der Waals surface area (Å²) in [4.78, 5) is 38.9. The van der Waals surface area contributed by atoms with Gasteiger partial charge in [-0.2, -0.15) is 4.72 Å². The second kappa shape index (κ2) is 11.9. The number of hydrogen-bond donors (Lipinski definition) is 1. The van der Waals surface area contributed by atoms with Gasteiger partial charge in [0.2, 0.25) is 15.9 Å². The van der Waals surface area contributed by atoms with Crippen LogP contribution in [-0.2, 0) is 33.9 Å². The predicted molar refractivity (Wildman–Crippen MR) is 132 cm³/mol. The number of sulfonamides is 1. The maximum atomic E-state index is 13.3. The van der Waals surface area contributed by atoms with Crippen molar-refractivity contribution in [3.63, 3.8) is 0 Å². The molecule has 0 aliphatic heterocycles. The summed E-state index contributed by atoms with van der Waals surface area (Å²) in [6.45, 7) is 9.81. The third-order valence-corrected chi connectivity index (χ3v) is 6.17. The summed E-state index contributed by atoms with van der Waals surface area (Å²) in [5, 5.41) is 1.54. The van der Waals surface area contributed by atoms with Crippen molar-refractivity contribution >= 4 is 38.6 Å². The van der Waals surface area contributed by atoms with Crippen LogP contribution in [0, 0.1) is 0 Å². The molecule has 2 rings (SSSR count). The van der Waals surface area contributed by atoms with E-state index in [1.54, 1.807) is 45.9 Å².